The van der Waals surface area contributed by atoms with Gasteiger partial charge in [0.05, 0.1) is 5.56 Å². The van der Waals surface area contributed by atoms with E-state index < -0.39 is 35.8 Å². The number of nitrogens with zero attached hydrogens (tertiary/aromatic N) is 2. The van der Waals surface area contributed by atoms with E-state index >= 15 is 0 Å². The first-order chi connectivity index (χ1) is 18.3. The number of rotatable bonds is 4. The fourth-order valence-corrected chi connectivity index (χ4v) is 5.09. The minimum atomic E-state index is -5.59. The van der Waals surface area contributed by atoms with E-state index in [1.165, 1.54) is 25.4 Å². The molecule has 3 N–H and O–H groups in total. The summed E-state index contributed by atoms with van der Waals surface area (Å²) in [6, 6.07) is 10.9. The molecule has 5 rings (SSSR count). The number of carbonyl (C=O) groups is 2. The smallest absolute Gasteiger partial charge is 0.348 e. The molecule has 3 heterocycles. The first-order valence-corrected chi connectivity index (χ1v) is 11.7. The molecule has 0 fully saturated rings. The maximum Gasteiger partial charge on any atom is 0.408 e. The number of aromatic nitrogens is 1. The van der Waals surface area contributed by atoms with Gasteiger partial charge in [0, 0.05) is 48.3 Å². The summed E-state index contributed by atoms with van der Waals surface area (Å²) in [5.74, 6) is -0.770. The maximum atomic E-state index is 14.0. The average Bonchev–Trinajstić information content (AvgIpc) is 3.24. The molecule has 0 bridgehead atoms. The van der Waals surface area contributed by atoms with E-state index in [-0.39, 0.29) is 41.6 Å². The van der Waals surface area contributed by atoms with E-state index in [0.29, 0.717) is 16.8 Å². The largest absolute Gasteiger partial charge is 0.408 e. The van der Waals surface area contributed by atoms with Gasteiger partial charge in [0.1, 0.15) is 5.82 Å². The van der Waals surface area contributed by atoms with Gasteiger partial charge in [-0.3, -0.25) is 9.59 Å². The van der Waals surface area contributed by atoms with E-state index in [1.54, 1.807) is 18.2 Å². The molecule has 13 heteroatoms. The Hall–Kier alpha value is -4.13. The van der Waals surface area contributed by atoms with Gasteiger partial charge in [-0.2, -0.15) is 26.3 Å². The van der Waals surface area contributed by atoms with E-state index in [9.17, 15) is 35.9 Å². The summed E-state index contributed by atoms with van der Waals surface area (Å²) >= 11 is 0. The fourth-order valence-electron chi connectivity index (χ4n) is 5.09. The van der Waals surface area contributed by atoms with Gasteiger partial charge in [-0.15, -0.1) is 0 Å². The van der Waals surface area contributed by atoms with Crippen molar-refractivity contribution < 1.29 is 35.9 Å². The van der Waals surface area contributed by atoms with Crippen molar-refractivity contribution in [1.82, 2.24) is 15.2 Å². The van der Waals surface area contributed by atoms with Gasteiger partial charge in [-0.1, -0.05) is 12.1 Å². The SMILES string of the molecule is CN1Cc2cc(NC(=O)c3cccnc3Nc3cccc4c3CNC4=O)ccc2C(C(F)(F)F)(C(F)(F)F)C1. The standard InChI is InChI=1S/C26H21F6N5O2/c1-37-12-14-10-15(7-8-19(14)24(13-37,25(27,28)29)26(30,31)32)35-23(39)17-5-3-9-33-21(17)36-20-6-2-4-16-18(20)11-34-22(16)38/h2-10H,11-13H2,1H3,(H,33,36)(H,34,38)(H,35,39). The molecule has 0 aliphatic carbocycles. The molecule has 3 aromatic rings. The fraction of sp³-hybridized carbons (Fsp3) is 0.269. The van der Waals surface area contributed by atoms with Gasteiger partial charge >= 0.3 is 12.4 Å². The van der Waals surface area contributed by atoms with E-state index in [1.807, 2.05) is 0 Å². The highest BCUT2D eigenvalue weighted by molar-refractivity contribution is 6.08. The highest BCUT2D eigenvalue weighted by Crippen LogP contribution is 2.55. The Bertz CT molecular complexity index is 1460. The number of hydrogen-bond donors (Lipinski definition) is 3. The Morgan fingerprint density at radius 1 is 1.05 bits per heavy atom. The van der Waals surface area contributed by atoms with Crippen molar-refractivity contribution in [2.45, 2.75) is 30.9 Å². The molecule has 39 heavy (non-hydrogen) atoms. The second kappa shape index (κ2) is 9.26. The highest BCUT2D eigenvalue weighted by Gasteiger charge is 2.73. The molecule has 0 unspecified atom stereocenters. The number of anilines is 3. The molecular weight excluding hydrogens is 528 g/mol. The van der Waals surface area contributed by atoms with Crippen molar-refractivity contribution in [2.24, 2.45) is 0 Å². The lowest BCUT2D eigenvalue weighted by Crippen LogP contribution is -2.61. The van der Waals surface area contributed by atoms with E-state index in [0.717, 1.165) is 23.1 Å². The van der Waals surface area contributed by atoms with Gasteiger partial charge in [0.15, 0.2) is 5.41 Å². The van der Waals surface area contributed by atoms with Crippen LogP contribution in [0.1, 0.15) is 37.4 Å². The third-order valence-electron chi connectivity index (χ3n) is 6.89. The van der Waals surface area contributed by atoms with Crippen LogP contribution in [0.4, 0.5) is 43.5 Å². The number of pyridine rings is 1. The molecule has 0 saturated carbocycles. The van der Waals surface area contributed by atoms with Crippen molar-refractivity contribution in [3.05, 3.63) is 82.5 Å². The second-order valence-electron chi connectivity index (χ2n) is 9.44. The maximum absolute atomic E-state index is 14.0. The number of fused-ring (bicyclic) bond motifs is 2. The van der Waals surface area contributed by atoms with Gasteiger partial charge in [0.2, 0.25) is 0 Å². The van der Waals surface area contributed by atoms with Gasteiger partial charge < -0.3 is 20.9 Å². The first kappa shape index (κ1) is 26.5. The monoisotopic (exact) mass is 549 g/mol. The van der Waals surface area contributed by atoms with Gasteiger partial charge in [-0.25, -0.2) is 4.98 Å². The van der Waals surface area contributed by atoms with Crippen molar-refractivity contribution in [1.29, 1.82) is 0 Å². The third kappa shape index (κ3) is 4.46. The molecule has 0 radical (unpaired) electrons. The summed E-state index contributed by atoms with van der Waals surface area (Å²) < 4.78 is 83.7. The van der Waals surface area contributed by atoms with Crippen molar-refractivity contribution in [3.63, 3.8) is 0 Å². The van der Waals surface area contributed by atoms with Crippen LogP contribution in [0.25, 0.3) is 0 Å². The zero-order valence-electron chi connectivity index (χ0n) is 20.3. The average molecular weight is 549 g/mol. The minimum Gasteiger partial charge on any atom is -0.348 e. The predicted octanol–water partition coefficient (Wildman–Crippen LogP) is 5.13. The van der Waals surface area contributed by atoms with Crippen LogP contribution in [0.2, 0.25) is 0 Å². The normalized spacial score (nSPS) is 16.7. The molecule has 2 aliphatic heterocycles. The Balaban J connectivity index is 1.45. The van der Waals surface area contributed by atoms with Gasteiger partial charge in [-0.05, 0) is 54.6 Å². The predicted molar refractivity (Wildman–Crippen MR) is 130 cm³/mol. The summed E-state index contributed by atoms with van der Waals surface area (Å²) in [4.78, 5) is 30.3. The summed E-state index contributed by atoms with van der Waals surface area (Å²) in [6.07, 6.45) is -9.74. The summed E-state index contributed by atoms with van der Waals surface area (Å²) in [5.41, 5.74) is -3.32. The molecule has 1 aromatic heterocycles. The molecule has 2 aromatic carbocycles. The number of alkyl halides is 6. The number of halogens is 6. The molecular formula is C26H21F6N5O2. The number of likely N-dealkylation sites (N-methyl/N-ethyl adjacent to an activating group) is 1. The lowest BCUT2D eigenvalue weighted by molar-refractivity contribution is -0.309. The van der Waals surface area contributed by atoms with Gasteiger partial charge in [0.25, 0.3) is 11.8 Å². The molecule has 0 spiro atoms. The Morgan fingerprint density at radius 2 is 1.79 bits per heavy atom. The number of hydrogen-bond acceptors (Lipinski definition) is 5. The van der Waals surface area contributed by atoms with Crippen LogP contribution in [-0.2, 0) is 18.5 Å². The molecule has 204 valence electrons. The Labute approximate surface area is 218 Å². The third-order valence-corrected chi connectivity index (χ3v) is 6.89. The Kier molecular flexibility index (Phi) is 6.29. The van der Waals surface area contributed by atoms with Crippen LogP contribution in [-0.4, -0.2) is 47.6 Å². The number of nitrogens with one attached hydrogen (secondary N) is 3. The number of carbonyl (C=O) groups excluding carboxylic acids is 2. The lowest BCUT2D eigenvalue weighted by Gasteiger charge is -2.44. The second-order valence-corrected chi connectivity index (χ2v) is 9.44. The Morgan fingerprint density at radius 3 is 2.51 bits per heavy atom. The van der Waals surface area contributed by atoms with Crippen LogP contribution in [0.15, 0.2) is 54.7 Å². The van der Waals surface area contributed by atoms with E-state index in [4.69, 9.17) is 0 Å². The highest BCUT2D eigenvalue weighted by atomic mass is 19.4. The van der Waals surface area contributed by atoms with Crippen LogP contribution >= 0.6 is 0 Å². The summed E-state index contributed by atoms with van der Waals surface area (Å²) in [5, 5.41) is 8.30. The van der Waals surface area contributed by atoms with Crippen molar-refractivity contribution in [2.75, 3.05) is 24.2 Å². The van der Waals surface area contributed by atoms with Crippen LogP contribution in [0, 0.1) is 0 Å². The van der Waals surface area contributed by atoms with Crippen LogP contribution in [0.5, 0.6) is 0 Å². The number of benzene rings is 2. The zero-order chi connectivity index (χ0) is 28.2. The van der Waals surface area contributed by atoms with Crippen molar-refractivity contribution in [3.8, 4) is 0 Å². The van der Waals surface area contributed by atoms with Crippen molar-refractivity contribution >= 4 is 29.0 Å². The topological polar surface area (TPSA) is 86.4 Å². The summed E-state index contributed by atoms with van der Waals surface area (Å²) in [6.45, 7) is -1.15. The molecule has 0 saturated heterocycles. The summed E-state index contributed by atoms with van der Waals surface area (Å²) in [7, 11) is 1.18. The minimum absolute atomic E-state index is 0.0255. The van der Waals surface area contributed by atoms with E-state index in [2.05, 4.69) is 20.9 Å². The van der Waals surface area contributed by atoms with Crippen LogP contribution < -0.4 is 16.0 Å². The molecule has 0 atom stereocenters. The van der Waals surface area contributed by atoms with Crippen LogP contribution in [0.3, 0.4) is 0 Å². The molecule has 2 amide bonds. The molecule has 2 aliphatic rings. The quantitative estimate of drug-likeness (QED) is 0.393. The molecule has 7 nitrogen and oxygen atoms in total. The first-order valence-electron chi connectivity index (χ1n) is 11.7. The zero-order valence-corrected chi connectivity index (χ0v) is 20.3. The number of amides is 2. The lowest BCUT2D eigenvalue weighted by atomic mass is 9.73.